The average molecular weight is 535 g/mol. The lowest BCUT2D eigenvalue weighted by atomic mass is 9.93. The molecule has 2 heterocycles. The van der Waals surface area contributed by atoms with Crippen LogP contribution in [0.2, 0.25) is 0 Å². The van der Waals surface area contributed by atoms with E-state index in [-0.39, 0.29) is 30.8 Å². The zero-order chi connectivity index (χ0) is 27.6. The zero-order valence-electron chi connectivity index (χ0n) is 21.0. The molecule has 6 atom stereocenters. The fourth-order valence-corrected chi connectivity index (χ4v) is 4.49. The van der Waals surface area contributed by atoms with Crippen LogP contribution in [-0.2, 0) is 34.8 Å². The highest BCUT2D eigenvalue weighted by atomic mass is 31.2. The normalized spacial score (nSPS) is 25.6. The van der Waals surface area contributed by atoms with Crippen molar-refractivity contribution < 1.29 is 48.4 Å². The third-order valence-corrected chi connectivity index (χ3v) is 7.85. The first-order valence-corrected chi connectivity index (χ1v) is 12.8. The Kier molecular flexibility index (Phi) is 9.22. The summed E-state index contributed by atoms with van der Waals surface area (Å²) in [6, 6.07) is 0. The molecule has 1 aliphatic rings. The first kappa shape index (κ1) is 30.0. The van der Waals surface area contributed by atoms with E-state index in [4.69, 9.17) is 14.0 Å². The molecule has 0 radical (unpaired) electrons. The van der Waals surface area contributed by atoms with Gasteiger partial charge in [-0.1, -0.05) is 6.92 Å². The predicted molar refractivity (Wildman–Crippen MR) is 125 cm³/mol. The number of aliphatic hydroxyl groups excluding tert-OH is 2. The van der Waals surface area contributed by atoms with Crippen LogP contribution in [0.25, 0.3) is 0 Å². The number of nitrogens with one attached hydrogen (secondary N) is 1. The van der Waals surface area contributed by atoms with Crippen molar-refractivity contribution in [2.75, 3.05) is 5.32 Å². The molecule has 204 valence electrons. The SMILES string of the molecule is CCC(C)(C[C@H]1O[C@@H](n2cc(COC(C)=O)c(NC(C)=O)nc2=O)[C@H](O)[C@@H]1O)OP(=O)(O)C(C)(C)O. The highest BCUT2D eigenvalue weighted by Crippen LogP contribution is 2.57. The van der Waals surface area contributed by atoms with Crippen LogP contribution in [-0.4, -0.2) is 70.9 Å². The third-order valence-electron chi connectivity index (χ3n) is 5.78. The minimum atomic E-state index is -4.51. The van der Waals surface area contributed by atoms with E-state index in [2.05, 4.69) is 10.3 Å². The van der Waals surface area contributed by atoms with Gasteiger partial charge in [-0.2, -0.15) is 4.98 Å². The van der Waals surface area contributed by atoms with Gasteiger partial charge in [0.1, 0.15) is 24.6 Å². The van der Waals surface area contributed by atoms with Crippen molar-refractivity contribution in [3.05, 3.63) is 22.2 Å². The Labute approximate surface area is 207 Å². The molecule has 2 rings (SSSR count). The molecule has 0 aliphatic carbocycles. The molecule has 5 N–H and O–H groups in total. The maximum Gasteiger partial charge on any atom is 0.359 e. The topological polar surface area (TPSA) is 207 Å². The number of ether oxygens (including phenoxy) is 2. The van der Waals surface area contributed by atoms with Gasteiger partial charge in [0.25, 0.3) is 0 Å². The van der Waals surface area contributed by atoms with Crippen molar-refractivity contribution in [2.45, 2.75) is 96.5 Å². The summed E-state index contributed by atoms with van der Waals surface area (Å²) in [4.78, 5) is 49.4. The van der Waals surface area contributed by atoms with Crippen molar-refractivity contribution in [3.63, 3.8) is 0 Å². The van der Waals surface area contributed by atoms with Gasteiger partial charge in [-0.25, -0.2) is 4.79 Å². The van der Waals surface area contributed by atoms with E-state index >= 15 is 0 Å². The van der Waals surface area contributed by atoms with Crippen LogP contribution in [0.3, 0.4) is 0 Å². The second-order valence-corrected chi connectivity index (χ2v) is 11.7. The van der Waals surface area contributed by atoms with Crippen LogP contribution in [0.4, 0.5) is 5.82 Å². The Morgan fingerprint density at radius 3 is 2.36 bits per heavy atom. The second kappa shape index (κ2) is 11.1. The van der Waals surface area contributed by atoms with Crippen LogP contribution < -0.4 is 11.0 Å². The van der Waals surface area contributed by atoms with Gasteiger partial charge in [0.2, 0.25) is 5.91 Å². The molecule has 1 saturated heterocycles. The van der Waals surface area contributed by atoms with Gasteiger partial charge < -0.3 is 39.5 Å². The second-order valence-electron chi connectivity index (χ2n) is 9.43. The summed E-state index contributed by atoms with van der Waals surface area (Å²) < 4.78 is 29.5. The number of carbonyl (C=O) groups excluding carboxylic acids is 2. The van der Waals surface area contributed by atoms with E-state index in [0.717, 1.165) is 18.4 Å². The Morgan fingerprint density at radius 1 is 1.25 bits per heavy atom. The van der Waals surface area contributed by atoms with Crippen LogP contribution in [0.1, 0.15) is 66.2 Å². The first-order chi connectivity index (χ1) is 16.4. The van der Waals surface area contributed by atoms with Crippen molar-refractivity contribution >= 4 is 25.3 Å². The molecule has 0 spiro atoms. The molecule has 1 aliphatic heterocycles. The van der Waals surface area contributed by atoms with Crippen molar-refractivity contribution in [2.24, 2.45) is 0 Å². The molecule has 1 fully saturated rings. The van der Waals surface area contributed by atoms with Crippen molar-refractivity contribution in [3.8, 4) is 0 Å². The number of amides is 1. The van der Waals surface area contributed by atoms with E-state index in [1.165, 1.54) is 27.0 Å². The number of hydrogen-bond donors (Lipinski definition) is 5. The summed E-state index contributed by atoms with van der Waals surface area (Å²) in [5.41, 5.74) is -2.16. The van der Waals surface area contributed by atoms with E-state index in [9.17, 15) is 39.2 Å². The highest BCUT2D eigenvalue weighted by molar-refractivity contribution is 7.54. The largest absolute Gasteiger partial charge is 0.461 e. The van der Waals surface area contributed by atoms with Gasteiger partial charge in [-0.3, -0.25) is 18.7 Å². The van der Waals surface area contributed by atoms with E-state index in [1.807, 2.05) is 0 Å². The monoisotopic (exact) mass is 535 g/mol. The summed E-state index contributed by atoms with van der Waals surface area (Å²) in [6.45, 7) is 7.42. The Hall–Kier alpha value is -2.19. The van der Waals surface area contributed by atoms with Gasteiger partial charge >= 0.3 is 19.3 Å². The van der Waals surface area contributed by atoms with Crippen molar-refractivity contribution in [1.29, 1.82) is 0 Å². The molecule has 1 aromatic heterocycles. The number of carbonyl (C=O) groups is 2. The smallest absolute Gasteiger partial charge is 0.359 e. The number of nitrogens with zero attached hydrogens (tertiary/aromatic N) is 2. The number of anilines is 1. The third kappa shape index (κ3) is 6.97. The Morgan fingerprint density at radius 2 is 1.86 bits per heavy atom. The van der Waals surface area contributed by atoms with E-state index in [0.29, 0.717) is 0 Å². The van der Waals surface area contributed by atoms with Crippen LogP contribution in [0, 0.1) is 0 Å². The molecule has 0 bridgehead atoms. The highest BCUT2D eigenvalue weighted by Gasteiger charge is 2.50. The molecular formula is C21H34N3O11P. The zero-order valence-corrected chi connectivity index (χ0v) is 21.9. The van der Waals surface area contributed by atoms with Crippen LogP contribution >= 0.6 is 7.60 Å². The lowest BCUT2D eigenvalue weighted by Gasteiger charge is -2.36. The summed E-state index contributed by atoms with van der Waals surface area (Å²) in [7, 11) is -4.51. The molecule has 14 nitrogen and oxygen atoms in total. The molecule has 1 aromatic rings. The molecule has 0 aromatic carbocycles. The maximum absolute atomic E-state index is 12.7. The van der Waals surface area contributed by atoms with Crippen LogP contribution in [0.15, 0.2) is 11.0 Å². The van der Waals surface area contributed by atoms with Gasteiger partial charge in [0, 0.05) is 32.0 Å². The number of rotatable bonds is 10. The number of esters is 1. The Bertz CT molecular complexity index is 1090. The fraction of sp³-hybridized carbons (Fsp3) is 0.714. The summed E-state index contributed by atoms with van der Waals surface area (Å²) in [5, 5.41) is 31.6. The number of aromatic nitrogens is 2. The minimum Gasteiger partial charge on any atom is -0.461 e. The lowest BCUT2D eigenvalue weighted by molar-refractivity contribution is -0.142. The summed E-state index contributed by atoms with van der Waals surface area (Å²) in [5.74, 6) is -1.30. The van der Waals surface area contributed by atoms with Gasteiger partial charge in [0.15, 0.2) is 11.6 Å². The average Bonchev–Trinajstić information content (AvgIpc) is 2.99. The number of hydrogen-bond acceptors (Lipinski definition) is 11. The lowest BCUT2D eigenvalue weighted by Crippen LogP contribution is -2.40. The van der Waals surface area contributed by atoms with Gasteiger partial charge in [0.05, 0.1) is 11.7 Å². The first-order valence-electron chi connectivity index (χ1n) is 11.2. The van der Waals surface area contributed by atoms with Gasteiger partial charge in [-0.05, 0) is 27.2 Å². The molecular weight excluding hydrogens is 501 g/mol. The maximum atomic E-state index is 12.7. The minimum absolute atomic E-state index is 0.127. The molecule has 36 heavy (non-hydrogen) atoms. The standard InChI is InChI=1S/C21H34N3O11P/c1-7-21(6,35-36(31,32)20(4,5)30)8-14-15(27)16(28)18(34-14)24-9-13(10-33-12(3)26)17(22-11(2)25)23-19(24)29/h9,14-16,18,27-28,30H,7-8,10H2,1-6H3,(H,31,32)(H,22,23,25,29)/t14-,15-,16-,18-,21?/m1/s1. The molecule has 0 saturated carbocycles. The fourth-order valence-electron chi connectivity index (χ4n) is 3.46. The summed E-state index contributed by atoms with van der Waals surface area (Å²) >= 11 is 0. The van der Waals surface area contributed by atoms with Crippen molar-refractivity contribution in [1.82, 2.24) is 9.55 Å². The van der Waals surface area contributed by atoms with Crippen LogP contribution in [0.5, 0.6) is 0 Å². The number of aliphatic hydroxyl groups is 3. The van der Waals surface area contributed by atoms with E-state index < -0.39 is 60.6 Å². The molecule has 2 unspecified atom stereocenters. The van der Waals surface area contributed by atoms with E-state index in [1.54, 1.807) is 6.92 Å². The summed E-state index contributed by atoms with van der Waals surface area (Å²) in [6.07, 6.45) is -4.52. The molecule has 1 amide bonds. The predicted octanol–water partition coefficient (Wildman–Crippen LogP) is 0.373. The Balaban J connectivity index is 2.36. The quantitative estimate of drug-likeness (QED) is 0.203. The molecule has 15 heteroatoms. The van der Waals surface area contributed by atoms with Gasteiger partial charge in [-0.15, -0.1) is 0 Å².